The van der Waals surface area contributed by atoms with Crippen molar-refractivity contribution in [3.05, 3.63) is 58.6 Å². The number of nitrogens with zero attached hydrogens (tertiary/aromatic N) is 4. The first kappa shape index (κ1) is 21.9. The number of aryl methyl sites for hydroxylation is 1. The number of hydrogen-bond donors (Lipinski definition) is 2. The zero-order valence-corrected chi connectivity index (χ0v) is 19.4. The van der Waals surface area contributed by atoms with Crippen molar-refractivity contribution in [3.63, 3.8) is 0 Å². The Morgan fingerprint density at radius 1 is 1.32 bits per heavy atom. The highest BCUT2D eigenvalue weighted by Crippen LogP contribution is 2.24. The van der Waals surface area contributed by atoms with Gasteiger partial charge in [0.2, 0.25) is 5.91 Å². The fraction of sp³-hybridized carbons (Fsp3) is 0.360. The van der Waals surface area contributed by atoms with Crippen molar-refractivity contribution in [1.82, 2.24) is 24.8 Å². The Labute approximate surface area is 196 Å². The van der Waals surface area contributed by atoms with Gasteiger partial charge in [0.15, 0.2) is 11.5 Å². The lowest BCUT2D eigenvalue weighted by Gasteiger charge is -2.32. The van der Waals surface area contributed by atoms with Gasteiger partial charge in [0.05, 0.1) is 13.0 Å². The fourth-order valence-corrected chi connectivity index (χ4v) is 4.69. The van der Waals surface area contributed by atoms with Crippen LogP contribution in [0.15, 0.2) is 47.5 Å². The van der Waals surface area contributed by atoms with Gasteiger partial charge in [-0.05, 0) is 55.2 Å². The smallest absolute Gasteiger partial charge is 0.294 e. The summed E-state index contributed by atoms with van der Waals surface area (Å²) >= 11 is 0. The number of pyridine rings is 1. The zero-order chi connectivity index (χ0) is 23.7. The lowest BCUT2D eigenvalue weighted by molar-refractivity contribution is -0.125. The maximum atomic E-state index is 13.0. The van der Waals surface area contributed by atoms with Gasteiger partial charge in [0.25, 0.3) is 5.56 Å². The molecule has 1 aliphatic heterocycles. The van der Waals surface area contributed by atoms with Crippen LogP contribution in [-0.2, 0) is 18.3 Å². The Morgan fingerprint density at radius 2 is 2.21 bits per heavy atom. The molecule has 0 saturated carbocycles. The molecular weight excluding hydrogens is 432 g/mol. The number of amides is 1. The van der Waals surface area contributed by atoms with Crippen molar-refractivity contribution < 1.29 is 9.53 Å². The predicted octanol–water partition coefficient (Wildman–Crippen LogP) is 2.39. The normalized spacial score (nSPS) is 16.2. The molecule has 1 atom stereocenters. The molecule has 9 heteroatoms. The van der Waals surface area contributed by atoms with Crippen LogP contribution in [0.2, 0.25) is 0 Å². The number of benzene rings is 1. The van der Waals surface area contributed by atoms with Crippen LogP contribution in [0.25, 0.3) is 22.1 Å². The van der Waals surface area contributed by atoms with Gasteiger partial charge < -0.3 is 19.9 Å². The summed E-state index contributed by atoms with van der Waals surface area (Å²) in [4.78, 5) is 39.9. The van der Waals surface area contributed by atoms with Gasteiger partial charge in [-0.25, -0.2) is 9.97 Å². The van der Waals surface area contributed by atoms with Gasteiger partial charge in [-0.15, -0.1) is 0 Å². The number of rotatable bonds is 6. The first-order valence-electron chi connectivity index (χ1n) is 11.5. The van der Waals surface area contributed by atoms with Crippen molar-refractivity contribution in [2.45, 2.75) is 19.3 Å². The molecule has 0 aliphatic carbocycles. The van der Waals surface area contributed by atoms with Crippen LogP contribution in [0.1, 0.15) is 18.4 Å². The number of carbonyl (C=O) groups excluding carboxylic acids is 1. The molecule has 1 saturated heterocycles. The topological polar surface area (TPSA) is 105 Å². The number of aromatic nitrogens is 4. The van der Waals surface area contributed by atoms with E-state index in [1.165, 1.54) is 4.57 Å². The number of methoxy groups -OCH3 is 1. The summed E-state index contributed by atoms with van der Waals surface area (Å²) in [6.07, 6.45) is 5.97. The maximum Gasteiger partial charge on any atom is 0.294 e. The summed E-state index contributed by atoms with van der Waals surface area (Å²) in [6, 6.07) is 9.58. The van der Waals surface area contributed by atoms with E-state index < -0.39 is 0 Å². The van der Waals surface area contributed by atoms with Gasteiger partial charge in [0.1, 0.15) is 11.3 Å². The third-order valence-electron chi connectivity index (χ3n) is 6.57. The van der Waals surface area contributed by atoms with E-state index in [2.05, 4.69) is 20.3 Å². The average Bonchev–Trinajstić information content (AvgIpc) is 3.28. The molecule has 1 unspecified atom stereocenters. The highest BCUT2D eigenvalue weighted by molar-refractivity contribution is 5.85. The molecule has 4 heterocycles. The standard InChI is InChI=1S/C25H28N6O3/c1-30-22-21(6-3-10-26-22)29-23(25(30)33)31-12-4-5-17(15-31)24(32)27-11-9-16-14-28-20-8-7-18(34-2)13-19(16)20/h3,6-8,10,13-14,17,28H,4-5,9,11-12,15H2,1-2H3,(H,27,32). The number of piperidine rings is 1. The lowest BCUT2D eigenvalue weighted by Crippen LogP contribution is -2.45. The van der Waals surface area contributed by atoms with E-state index in [0.29, 0.717) is 36.6 Å². The second-order valence-corrected chi connectivity index (χ2v) is 8.70. The van der Waals surface area contributed by atoms with Crippen molar-refractivity contribution in [2.24, 2.45) is 13.0 Å². The fourth-order valence-electron chi connectivity index (χ4n) is 4.69. The summed E-state index contributed by atoms with van der Waals surface area (Å²) in [5, 5.41) is 4.19. The lowest BCUT2D eigenvalue weighted by atomic mass is 9.97. The largest absolute Gasteiger partial charge is 0.497 e. The first-order chi connectivity index (χ1) is 16.5. The number of H-pyrrole nitrogens is 1. The van der Waals surface area contributed by atoms with Crippen LogP contribution < -0.4 is 20.5 Å². The molecule has 0 radical (unpaired) electrons. The van der Waals surface area contributed by atoms with E-state index >= 15 is 0 Å². The molecule has 1 aliphatic rings. The van der Waals surface area contributed by atoms with Gasteiger partial charge in [-0.1, -0.05) is 0 Å². The van der Waals surface area contributed by atoms with Crippen LogP contribution in [0.4, 0.5) is 5.82 Å². The van der Waals surface area contributed by atoms with Crippen LogP contribution in [0.5, 0.6) is 5.75 Å². The van der Waals surface area contributed by atoms with Gasteiger partial charge in [-0.2, -0.15) is 0 Å². The number of hydrogen-bond acceptors (Lipinski definition) is 6. The van der Waals surface area contributed by atoms with E-state index in [-0.39, 0.29) is 17.4 Å². The predicted molar refractivity (Wildman–Crippen MR) is 131 cm³/mol. The summed E-state index contributed by atoms with van der Waals surface area (Å²) < 4.78 is 6.86. The van der Waals surface area contributed by atoms with Crippen molar-refractivity contribution in [3.8, 4) is 5.75 Å². The Kier molecular flexibility index (Phi) is 5.91. The molecule has 1 amide bonds. The van der Waals surface area contributed by atoms with Gasteiger partial charge in [0, 0.05) is 50.0 Å². The van der Waals surface area contributed by atoms with Crippen molar-refractivity contribution in [2.75, 3.05) is 31.6 Å². The third kappa shape index (κ3) is 4.09. The van der Waals surface area contributed by atoms with Gasteiger partial charge >= 0.3 is 0 Å². The van der Waals surface area contributed by atoms with E-state index in [0.717, 1.165) is 41.5 Å². The summed E-state index contributed by atoms with van der Waals surface area (Å²) in [5.41, 5.74) is 3.21. The van der Waals surface area contributed by atoms with E-state index in [9.17, 15) is 9.59 Å². The molecule has 176 valence electrons. The Balaban J connectivity index is 1.25. The first-order valence-corrected chi connectivity index (χ1v) is 11.5. The quantitative estimate of drug-likeness (QED) is 0.458. The summed E-state index contributed by atoms with van der Waals surface area (Å²) in [5.74, 6) is 1.02. The van der Waals surface area contributed by atoms with E-state index in [1.807, 2.05) is 35.4 Å². The summed E-state index contributed by atoms with van der Waals surface area (Å²) in [7, 11) is 3.36. The van der Waals surface area contributed by atoms with Gasteiger partial charge in [-0.3, -0.25) is 14.2 Å². The zero-order valence-electron chi connectivity index (χ0n) is 19.4. The highest BCUT2D eigenvalue weighted by Gasteiger charge is 2.28. The number of aromatic amines is 1. The maximum absolute atomic E-state index is 13.0. The van der Waals surface area contributed by atoms with Crippen LogP contribution >= 0.6 is 0 Å². The molecule has 0 bridgehead atoms. The molecule has 5 rings (SSSR count). The molecular formula is C25H28N6O3. The van der Waals surface area contributed by atoms with E-state index in [4.69, 9.17) is 4.74 Å². The second kappa shape index (κ2) is 9.17. The minimum Gasteiger partial charge on any atom is -0.497 e. The number of fused-ring (bicyclic) bond motifs is 2. The van der Waals surface area contributed by atoms with Crippen molar-refractivity contribution >= 4 is 33.8 Å². The molecule has 0 spiro atoms. The Morgan fingerprint density at radius 3 is 3.06 bits per heavy atom. The van der Waals surface area contributed by atoms with Crippen LogP contribution in [-0.4, -0.2) is 52.2 Å². The Bertz CT molecular complexity index is 1410. The number of carbonyl (C=O) groups is 1. The molecule has 34 heavy (non-hydrogen) atoms. The molecule has 3 aromatic heterocycles. The minimum atomic E-state index is -0.193. The number of anilines is 1. The molecule has 9 nitrogen and oxygen atoms in total. The second-order valence-electron chi connectivity index (χ2n) is 8.70. The third-order valence-corrected chi connectivity index (χ3v) is 6.57. The SMILES string of the molecule is COc1ccc2[nH]cc(CCNC(=O)C3CCCN(c4nc5cccnc5n(C)c4=O)C3)c2c1. The number of nitrogens with one attached hydrogen (secondary N) is 2. The van der Waals surface area contributed by atoms with Crippen LogP contribution in [0, 0.1) is 5.92 Å². The van der Waals surface area contributed by atoms with Crippen LogP contribution in [0.3, 0.4) is 0 Å². The van der Waals surface area contributed by atoms with Crippen molar-refractivity contribution in [1.29, 1.82) is 0 Å². The average molecular weight is 461 g/mol. The number of ether oxygens (including phenoxy) is 1. The highest BCUT2D eigenvalue weighted by atomic mass is 16.5. The Hall–Kier alpha value is -3.88. The molecule has 4 aromatic rings. The molecule has 1 fully saturated rings. The molecule has 1 aromatic carbocycles. The monoisotopic (exact) mass is 460 g/mol. The summed E-state index contributed by atoms with van der Waals surface area (Å²) in [6.45, 7) is 1.72. The van der Waals surface area contributed by atoms with E-state index in [1.54, 1.807) is 26.4 Å². The molecule has 2 N–H and O–H groups in total. The minimum absolute atomic E-state index is 0.0152.